The van der Waals surface area contributed by atoms with Crippen LogP contribution in [0.15, 0.2) is 46.9 Å². The third-order valence-corrected chi connectivity index (χ3v) is 3.54. The normalized spacial score (nSPS) is 21.2. The summed E-state index contributed by atoms with van der Waals surface area (Å²) in [4.78, 5) is 0. The lowest BCUT2D eigenvalue weighted by Gasteiger charge is -2.35. The SMILES string of the molecule is OC1(c2ccc(Br)cc2F)COc2ccccc2N1. The zero-order chi connectivity index (χ0) is 13.5. The summed E-state index contributed by atoms with van der Waals surface area (Å²) in [6, 6.07) is 11.7. The van der Waals surface area contributed by atoms with Gasteiger partial charge in [-0.2, -0.15) is 0 Å². The van der Waals surface area contributed by atoms with Crippen LogP contribution < -0.4 is 10.1 Å². The smallest absolute Gasteiger partial charge is 0.200 e. The number of hydrogen-bond donors (Lipinski definition) is 2. The van der Waals surface area contributed by atoms with Gasteiger partial charge in [0.2, 0.25) is 0 Å². The van der Waals surface area contributed by atoms with Crippen molar-refractivity contribution in [3.63, 3.8) is 0 Å². The van der Waals surface area contributed by atoms with Crippen LogP contribution in [-0.4, -0.2) is 11.7 Å². The Kier molecular flexibility index (Phi) is 2.95. The Morgan fingerprint density at radius 3 is 2.84 bits per heavy atom. The minimum Gasteiger partial charge on any atom is -0.486 e. The van der Waals surface area contributed by atoms with E-state index in [0.29, 0.717) is 15.9 Å². The molecule has 0 fully saturated rings. The van der Waals surface area contributed by atoms with Crippen LogP contribution in [0.2, 0.25) is 0 Å². The molecule has 1 aliphatic heterocycles. The van der Waals surface area contributed by atoms with E-state index in [1.807, 2.05) is 12.1 Å². The molecule has 5 heteroatoms. The summed E-state index contributed by atoms with van der Waals surface area (Å²) < 4.78 is 20.1. The van der Waals surface area contributed by atoms with E-state index in [2.05, 4.69) is 21.2 Å². The highest BCUT2D eigenvalue weighted by molar-refractivity contribution is 9.10. The zero-order valence-electron chi connectivity index (χ0n) is 9.86. The third-order valence-electron chi connectivity index (χ3n) is 3.04. The number of benzene rings is 2. The summed E-state index contributed by atoms with van der Waals surface area (Å²) in [5, 5.41) is 13.5. The van der Waals surface area contributed by atoms with Crippen molar-refractivity contribution < 1.29 is 14.2 Å². The van der Waals surface area contributed by atoms with Gasteiger partial charge in [-0.05, 0) is 24.3 Å². The Bertz CT molecular complexity index is 635. The molecule has 0 spiro atoms. The summed E-state index contributed by atoms with van der Waals surface area (Å²) in [5.41, 5.74) is -0.775. The quantitative estimate of drug-likeness (QED) is 0.846. The van der Waals surface area contributed by atoms with Gasteiger partial charge in [-0.3, -0.25) is 0 Å². The van der Waals surface area contributed by atoms with Crippen molar-refractivity contribution in [2.75, 3.05) is 11.9 Å². The van der Waals surface area contributed by atoms with Crippen LogP contribution in [0.25, 0.3) is 0 Å². The molecule has 2 aromatic carbocycles. The second kappa shape index (κ2) is 4.51. The lowest BCUT2D eigenvalue weighted by molar-refractivity contribution is 0.00507. The van der Waals surface area contributed by atoms with Crippen molar-refractivity contribution in [1.82, 2.24) is 0 Å². The predicted molar refractivity (Wildman–Crippen MR) is 73.6 cm³/mol. The number of ether oxygens (including phenoxy) is 1. The van der Waals surface area contributed by atoms with E-state index in [9.17, 15) is 9.50 Å². The van der Waals surface area contributed by atoms with Crippen LogP contribution in [0.3, 0.4) is 0 Å². The third kappa shape index (κ3) is 2.19. The van der Waals surface area contributed by atoms with Gasteiger partial charge < -0.3 is 15.2 Å². The second-order valence-electron chi connectivity index (χ2n) is 4.39. The Morgan fingerprint density at radius 2 is 2.05 bits per heavy atom. The number of fused-ring (bicyclic) bond motifs is 1. The Labute approximate surface area is 118 Å². The molecule has 0 bridgehead atoms. The maximum atomic E-state index is 14.0. The first-order valence-electron chi connectivity index (χ1n) is 5.76. The Morgan fingerprint density at radius 1 is 1.26 bits per heavy atom. The first kappa shape index (κ1) is 12.4. The molecule has 0 saturated heterocycles. The molecule has 0 aromatic heterocycles. The monoisotopic (exact) mass is 323 g/mol. The molecule has 98 valence electrons. The summed E-state index contributed by atoms with van der Waals surface area (Å²) >= 11 is 3.19. The number of anilines is 1. The fourth-order valence-electron chi connectivity index (χ4n) is 2.11. The molecule has 0 amide bonds. The van der Waals surface area contributed by atoms with Gasteiger partial charge in [-0.1, -0.05) is 34.1 Å². The number of rotatable bonds is 1. The van der Waals surface area contributed by atoms with Crippen LogP contribution in [0.4, 0.5) is 10.1 Å². The van der Waals surface area contributed by atoms with Crippen molar-refractivity contribution in [2.45, 2.75) is 5.72 Å². The average Bonchev–Trinajstić information content (AvgIpc) is 2.38. The molecule has 1 aliphatic rings. The van der Waals surface area contributed by atoms with E-state index in [1.165, 1.54) is 12.1 Å². The Hall–Kier alpha value is -1.59. The molecule has 1 unspecified atom stereocenters. The highest BCUT2D eigenvalue weighted by Gasteiger charge is 2.37. The lowest BCUT2D eigenvalue weighted by Crippen LogP contribution is -2.44. The number of aliphatic hydroxyl groups is 1. The van der Waals surface area contributed by atoms with Crippen LogP contribution in [0.1, 0.15) is 5.56 Å². The zero-order valence-corrected chi connectivity index (χ0v) is 11.4. The van der Waals surface area contributed by atoms with Crippen LogP contribution in [0, 0.1) is 5.82 Å². The molecule has 0 radical (unpaired) electrons. The van der Waals surface area contributed by atoms with Gasteiger partial charge >= 0.3 is 0 Å². The van der Waals surface area contributed by atoms with Crippen LogP contribution >= 0.6 is 15.9 Å². The van der Waals surface area contributed by atoms with Gasteiger partial charge in [0.05, 0.1) is 5.69 Å². The largest absolute Gasteiger partial charge is 0.486 e. The number of halogens is 2. The Balaban J connectivity index is 2.01. The topological polar surface area (TPSA) is 41.5 Å². The van der Waals surface area contributed by atoms with Crippen molar-refractivity contribution >= 4 is 21.6 Å². The number of nitrogens with one attached hydrogen (secondary N) is 1. The molecule has 0 aliphatic carbocycles. The summed E-state index contributed by atoms with van der Waals surface area (Å²) in [7, 11) is 0. The number of hydrogen-bond acceptors (Lipinski definition) is 3. The molecular weight excluding hydrogens is 313 g/mol. The summed E-state index contributed by atoms with van der Waals surface area (Å²) in [6.07, 6.45) is 0. The minimum absolute atomic E-state index is 0.0530. The van der Waals surface area contributed by atoms with E-state index in [4.69, 9.17) is 4.74 Å². The van der Waals surface area contributed by atoms with Crippen molar-refractivity contribution in [2.24, 2.45) is 0 Å². The molecule has 1 atom stereocenters. The summed E-state index contributed by atoms with van der Waals surface area (Å²) in [6.45, 7) is -0.0530. The van der Waals surface area contributed by atoms with Gasteiger partial charge in [0.1, 0.15) is 18.2 Å². The molecule has 3 rings (SSSR count). The fourth-order valence-corrected chi connectivity index (χ4v) is 2.44. The van der Waals surface area contributed by atoms with Gasteiger partial charge in [0.15, 0.2) is 5.72 Å². The maximum Gasteiger partial charge on any atom is 0.200 e. The van der Waals surface area contributed by atoms with Gasteiger partial charge in [0.25, 0.3) is 0 Å². The fraction of sp³-hybridized carbons (Fsp3) is 0.143. The number of para-hydroxylation sites is 2. The highest BCUT2D eigenvalue weighted by Crippen LogP contribution is 2.36. The summed E-state index contributed by atoms with van der Waals surface area (Å²) in [5.74, 6) is 0.150. The molecule has 0 saturated carbocycles. The van der Waals surface area contributed by atoms with E-state index in [0.717, 1.165) is 0 Å². The molecule has 1 heterocycles. The lowest BCUT2D eigenvalue weighted by atomic mass is 10.0. The molecule has 3 nitrogen and oxygen atoms in total. The second-order valence-corrected chi connectivity index (χ2v) is 5.31. The first-order valence-corrected chi connectivity index (χ1v) is 6.56. The highest BCUT2D eigenvalue weighted by atomic mass is 79.9. The van der Waals surface area contributed by atoms with E-state index in [1.54, 1.807) is 18.2 Å². The van der Waals surface area contributed by atoms with Crippen molar-refractivity contribution in [1.29, 1.82) is 0 Å². The van der Waals surface area contributed by atoms with E-state index >= 15 is 0 Å². The molecule has 2 aromatic rings. The minimum atomic E-state index is -1.57. The van der Waals surface area contributed by atoms with E-state index in [-0.39, 0.29) is 12.2 Å². The van der Waals surface area contributed by atoms with Gasteiger partial charge in [-0.25, -0.2) is 4.39 Å². The van der Waals surface area contributed by atoms with Crippen molar-refractivity contribution in [3.8, 4) is 5.75 Å². The molecule has 19 heavy (non-hydrogen) atoms. The van der Waals surface area contributed by atoms with Crippen molar-refractivity contribution in [3.05, 3.63) is 58.3 Å². The maximum absolute atomic E-state index is 14.0. The average molecular weight is 324 g/mol. The molecular formula is C14H11BrFNO2. The van der Waals surface area contributed by atoms with Crippen LogP contribution in [0.5, 0.6) is 5.75 Å². The molecule has 2 N–H and O–H groups in total. The van der Waals surface area contributed by atoms with Crippen LogP contribution in [-0.2, 0) is 5.72 Å². The predicted octanol–water partition coefficient (Wildman–Crippen LogP) is 3.24. The van der Waals surface area contributed by atoms with E-state index < -0.39 is 11.5 Å². The standard InChI is InChI=1S/C14H11BrFNO2/c15-9-5-6-10(11(16)7-9)14(18)8-19-13-4-2-1-3-12(13)17-14/h1-7,17-18H,8H2. The van der Waals surface area contributed by atoms with Gasteiger partial charge in [0, 0.05) is 10.0 Å². The van der Waals surface area contributed by atoms with Gasteiger partial charge in [-0.15, -0.1) is 0 Å². The first-order chi connectivity index (χ1) is 9.08.